The van der Waals surface area contributed by atoms with E-state index in [1.165, 1.54) is 17.1 Å². The van der Waals surface area contributed by atoms with E-state index in [1.807, 2.05) is 23.3 Å². The van der Waals surface area contributed by atoms with Gasteiger partial charge in [-0.15, -0.1) is 5.11 Å². The Morgan fingerprint density at radius 1 is 1.32 bits per heavy atom. The van der Waals surface area contributed by atoms with Crippen molar-refractivity contribution in [2.24, 2.45) is 10.2 Å². The van der Waals surface area contributed by atoms with Gasteiger partial charge >= 0.3 is 0 Å². The second kappa shape index (κ2) is 5.51. The minimum absolute atomic E-state index is 0.482. The Kier molecular flexibility index (Phi) is 3.36. The SMILES string of the molecule is Cc1csnc1CCON1C=c2ccccc2=C2N=NCN21. The van der Waals surface area contributed by atoms with Gasteiger partial charge in [-0.3, -0.25) is 4.84 Å². The number of benzene rings is 1. The zero-order valence-corrected chi connectivity index (χ0v) is 13.0. The molecule has 3 heterocycles. The highest BCUT2D eigenvalue weighted by molar-refractivity contribution is 7.03. The van der Waals surface area contributed by atoms with Gasteiger partial charge in [0.1, 0.15) is 0 Å². The molecule has 6 nitrogen and oxygen atoms in total. The van der Waals surface area contributed by atoms with Gasteiger partial charge in [-0.1, -0.05) is 24.3 Å². The summed E-state index contributed by atoms with van der Waals surface area (Å²) in [6.07, 6.45) is 2.77. The van der Waals surface area contributed by atoms with Gasteiger partial charge in [0.05, 0.1) is 18.5 Å². The highest BCUT2D eigenvalue weighted by atomic mass is 32.1. The molecule has 2 aromatic rings. The van der Waals surface area contributed by atoms with Gasteiger partial charge in [0.15, 0.2) is 12.5 Å². The van der Waals surface area contributed by atoms with Crippen LogP contribution in [0.25, 0.3) is 12.0 Å². The van der Waals surface area contributed by atoms with E-state index in [0.29, 0.717) is 13.3 Å². The number of hydrazine groups is 1. The normalized spacial score (nSPS) is 15.8. The third kappa shape index (κ3) is 2.28. The van der Waals surface area contributed by atoms with Crippen molar-refractivity contribution in [2.45, 2.75) is 13.3 Å². The maximum atomic E-state index is 5.91. The third-order valence-electron chi connectivity index (χ3n) is 3.71. The molecule has 2 aliphatic rings. The summed E-state index contributed by atoms with van der Waals surface area (Å²) in [6, 6.07) is 8.12. The Morgan fingerprint density at radius 3 is 3.09 bits per heavy atom. The molecule has 0 radical (unpaired) electrons. The van der Waals surface area contributed by atoms with Crippen molar-refractivity contribution in [1.29, 1.82) is 0 Å². The van der Waals surface area contributed by atoms with Crippen LogP contribution in [0.3, 0.4) is 0 Å². The number of fused-ring (bicyclic) bond motifs is 2. The highest BCUT2D eigenvalue weighted by Gasteiger charge is 2.25. The number of hydrogen-bond acceptors (Lipinski definition) is 7. The Balaban J connectivity index is 1.54. The van der Waals surface area contributed by atoms with Crippen LogP contribution in [0, 0.1) is 6.92 Å². The summed E-state index contributed by atoms with van der Waals surface area (Å²) in [5, 5.41) is 16.2. The zero-order valence-electron chi connectivity index (χ0n) is 12.1. The predicted molar refractivity (Wildman–Crippen MR) is 83.5 cm³/mol. The first-order chi connectivity index (χ1) is 10.8. The lowest BCUT2D eigenvalue weighted by atomic mass is 10.2. The minimum atomic E-state index is 0.482. The van der Waals surface area contributed by atoms with Gasteiger partial charge in [-0.2, -0.15) is 14.7 Å². The fraction of sp³-hybridized carbons (Fsp3) is 0.267. The molecule has 1 aromatic heterocycles. The van der Waals surface area contributed by atoms with Gasteiger partial charge in [0.25, 0.3) is 0 Å². The van der Waals surface area contributed by atoms with E-state index in [9.17, 15) is 0 Å². The summed E-state index contributed by atoms with van der Waals surface area (Å²) >= 11 is 1.49. The summed E-state index contributed by atoms with van der Waals surface area (Å²) in [7, 11) is 0. The molecule has 0 N–H and O–H groups in total. The minimum Gasteiger partial charge on any atom is -0.253 e. The predicted octanol–water partition coefficient (Wildman–Crippen LogP) is 1.39. The quantitative estimate of drug-likeness (QED) is 0.856. The number of aryl methyl sites for hydroxylation is 1. The Morgan fingerprint density at radius 2 is 2.23 bits per heavy atom. The lowest BCUT2D eigenvalue weighted by Gasteiger charge is -2.31. The zero-order chi connectivity index (χ0) is 14.9. The molecule has 0 amide bonds. The van der Waals surface area contributed by atoms with E-state index in [0.717, 1.165) is 28.4 Å². The number of nitrogens with zero attached hydrogens (tertiary/aromatic N) is 5. The molecule has 0 aliphatic carbocycles. The first-order valence-electron chi connectivity index (χ1n) is 7.11. The molecule has 0 saturated heterocycles. The fourth-order valence-corrected chi connectivity index (χ4v) is 3.23. The van der Waals surface area contributed by atoms with Crippen molar-refractivity contribution in [2.75, 3.05) is 13.3 Å². The molecular formula is C15H15N5OS. The van der Waals surface area contributed by atoms with Gasteiger partial charge in [0.2, 0.25) is 0 Å². The second-order valence-corrected chi connectivity index (χ2v) is 5.78. The molecule has 0 saturated carbocycles. The van der Waals surface area contributed by atoms with Crippen LogP contribution < -0.4 is 10.4 Å². The summed E-state index contributed by atoms with van der Waals surface area (Å²) in [4.78, 5) is 5.91. The first kappa shape index (κ1) is 13.4. The molecule has 0 bridgehead atoms. The number of aromatic nitrogens is 1. The molecule has 0 spiro atoms. The van der Waals surface area contributed by atoms with Crippen LogP contribution in [0.15, 0.2) is 39.9 Å². The molecule has 4 rings (SSSR count). The molecule has 22 heavy (non-hydrogen) atoms. The Bertz CT molecular complexity index is 844. The Labute approximate surface area is 131 Å². The van der Waals surface area contributed by atoms with Crippen LogP contribution in [0.1, 0.15) is 11.3 Å². The molecule has 7 heteroatoms. The van der Waals surface area contributed by atoms with Crippen LogP contribution in [-0.4, -0.2) is 27.8 Å². The highest BCUT2D eigenvalue weighted by Crippen LogP contribution is 2.20. The molecule has 2 aliphatic heterocycles. The van der Waals surface area contributed by atoms with Crippen LogP contribution in [0.4, 0.5) is 0 Å². The van der Waals surface area contributed by atoms with E-state index in [1.54, 1.807) is 5.17 Å². The van der Waals surface area contributed by atoms with Crippen molar-refractivity contribution < 1.29 is 4.84 Å². The summed E-state index contributed by atoms with van der Waals surface area (Å²) in [5.74, 6) is 0.836. The van der Waals surface area contributed by atoms with Crippen LogP contribution in [0.2, 0.25) is 0 Å². The molecule has 0 fully saturated rings. The van der Waals surface area contributed by atoms with Crippen LogP contribution in [0.5, 0.6) is 0 Å². The standard InChI is InChI=1S/C15H15N5OS/c1-11-9-22-18-14(11)6-7-21-20-8-12-4-2-3-5-13(12)15-17-16-10-19(15)20/h2-5,8-9H,6-7,10H2,1H3. The van der Waals surface area contributed by atoms with Gasteiger partial charge < -0.3 is 0 Å². The van der Waals surface area contributed by atoms with Crippen LogP contribution in [-0.2, 0) is 11.3 Å². The van der Waals surface area contributed by atoms with Crippen molar-refractivity contribution in [3.8, 4) is 0 Å². The number of azo groups is 1. The van der Waals surface area contributed by atoms with Crippen molar-refractivity contribution in [1.82, 2.24) is 14.6 Å². The molecule has 1 aromatic carbocycles. The lowest BCUT2D eigenvalue weighted by Crippen LogP contribution is -2.46. The largest absolute Gasteiger partial charge is 0.253 e. The average molecular weight is 313 g/mol. The lowest BCUT2D eigenvalue weighted by molar-refractivity contribution is -0.208. The van der Waals surface area contributed by atoms with Crippen molar-refractivity contribution in [3.05, 3.63) is 51.3 Å². The molecule has 0 unspecified atom stereocenters. The number of hydroxylamine groups is 1. The third-order valence-corrected chi connectivity index (χ3v) is 4.49. The van der Waals surface area contributed by atoms with E-state index < -0.39 is 0 Å². The van der Waals surface area contributed by atoms with E-state index in [4.69, 9.17) is 4.84 Å². The Hall–Kier alpha value is -2.25. The summed E-state index contributed by atoms with van der Waals surface area (Å²) < 4.78 is 4.38. The van der Waals surface area contributed by atoms with Gasteiger partial charge in [-0.05, 0) is 24.0 Å². The first-order valence-corrected chi connectivity index (χ1v) is 7.95. The number of hydrogen-bond donors (Lipinski definition) is 0. The maximum absolute atomic E-state index is 5.91. The molecule has 0 atom stereocenters. The van der Waals surface area contributed by atoms with E-state index >= 15 is 0 Å². The average Bonchev–Trinajstić information content (AvgIpc) is 3.17. The monoisotopic (exact) mass is 313 g/mol. The second-order valence-electron chi connectivity index (χ2n) is 5.15. The van der Waals surface area contributed by atoms with Crippen molar-refractivity contribution in [3.63, 3.8) is 0 Å². The summed E-state index contributed by atoms with van der Waals surface area (Å²) in [6.45, 7) is 3.12. The van der Waals surface area contributed by atoms with Gasteiger partial charge in [0, 0.05) is 22.2 Å². The van der Waals surface area contributed by atoms with Gasteiger partial charge in [-0.25, -0.2) is 5.01 Å². The maximum Gasteiger partial charge on any atom is 0.181 e. The smallest absolute Gasteiger partial charge is 0.181 e. The van der Waals surface area contributed by atoms with E-state index in [2.05, 4.69) is 39.0 Å². The summed E-state index contributed by atoms with van der Waals surface area (Å²) in [5.41, 5.74) is 2.32. The molecule has 112 valence electrons. The van der Waals surface area contributed by atoms with E-state index in [-0.39, 0.29) is 0 Å². The van der Waals surface area contributed by atoms with Crippen LogP contribution >= 0.6 is 11.5 Å². The number of rotatable bonds is 4. The molecular weight excluding hydrogens is 298 g/mol. The fourth-order valence-electron chi connectivity index (χ4n) is 2.52. The van der Waals surface area contributed by atoms with Crippen molar-refractivity contribution >= 4 is 23.6 Å². The topological polar surface area (TPSA) is 53.3 Å².